The largest absolute Gasteiger partial charge is 0.367 e. The van der Waals surface area contributed by atoms with Crippen LogP contribution in [0.25, 0.3) is 0 Å². The number of aromatic nitrogens is 1. The Balaban J connectivity index is 1.63. The molecule has 0 spiro atoms. The number of nitrogens with one attached hydrogen (secondary N) is 1. The zero-order valence-corrected chi connectivity index (χ0v) is 10.5. The molecule has 1 aromatic heterocycles. The maximum absolute atomic E-state index is 11.9. The number of epoxide rings is 1. The second-order valence-electron chi connectivity index (χ2n) is 6.02. The normalized spacial score (nSPS) is 37.1. The van der Waals surface area contributed by atoms with Crippen molar-refractivity contribution in [3.05, 3.63) is 34.2 Å². The van der Waals surface area contributed by atoms with Gasteiger partial charge in [0.05, 0.1) is 19.7 Å². The molecular weight excluding hydrogens is 228 g/mol. The minimum Gasteiger partial charge on any atom is -0.367 e. The van der Waals surface area contributed by atoms with E-state index in [9.17, 15) is 4.79 Å². The van der Waals surface area contributed by atoms with Gasteiger partial charge in [0.25, 0.3) is 5.56 Å². The highest BCUT2D eigenvalue weighted by Crippen LogP contribution is 2.30. The Labute approximate surface area is 106 Å². The molecule has 3 aliphatic rings. The van der Waals surface area contributed by atoms with Gasteiger partial charge in [-0.1, -0.05) is 6.07 Å². The molecule has 0 saturated carbocycles. The van der Waals surface area contributed by atoms with Crippen molar-refractivity contribution in [2.75, 3.05) is 26.2 Å². The van der Waals surface area contributed by atoms with Crippen molar-refractivity contribution in [3.8, 4) is 0 Å². The second-order valence-corrected chi connectivity index (χ2v) is 6.02. The maximum Gasteiger partial charge on any atom is 0.250 e. The highest BCUT2D eigenvalue weighted by Gasteiger charge is 2.39. The first kappa shape index (κ1) is 10.8. The third-order valence-electron chi connectivity index (χ3n) is 4.59. The molecule has 1 unspecified atom stereocenters. The summed E-state index contributed by atoms with van der Waals surface area (Å²) < 4.78 is 7.35. The second kappa shape index (κ2) is 3.93. The number of pyridine rings is 1. The molecule has 4 atom stereocenters. The number of hydrogen-bond acceptors (Lipinski definition) is 2. The Morgan fingerprint density at radius 3 is 3.11 bits per heavy atom. The Morgan fingerprint density at radius 1 is 1.39 bits per heavy atom. The van der Waals surface area contributed by atoms with Crippen molar-refractivity contribution in [1.82, 2.24) is 4.57 Å². The van der Waals surface area contributed by atoms with Crippen LogP contribution in [-0.2, 0) is 11.3 Å². The SMILES string of the molecule is O=c1cccc2n1C[C@@H]1C[C@H]2C[NH+](C[C@@H]2CO2)C1. The van der Waals surface area contributed by atoms with Crippen LogP contribution in [0, 0.1) is 5.92 Å². The van der Waals surface area contributed by atoms with Crippen molar-refractivity contribution in [3.63, 3.8) is 0 Å². The number of fused-ring (bicyclic) bond motifs is 4. The van der Waals surface area contributed by atoms with E-state index in [1.807, 2.05) is 10.6 Å². The minimum atomic E-state index is 0.177. The van der Waals surface area contributed by atoms with Gasteiger partial charge in [-0.05, 0) is 12.5 Å². The van der Waals surface area contributed by atoms with Gasteiger partial charge in [-0.3, -0.25) is 4.79 Å². The number of hydrogen-bond donors (Lipinski definition) is 1. The third-order valence-corrected chi connectivity index (χ3v) is 4.59. The summed E-state index contributed by atoms with van der Waals surface area (Å²) in [4.78, 5) is 13.6. The summed E-state index contributed by atoms with van der Waals surface area (Å²) in [5, 5.41) is 0. The number of piperidine rings is 1. The van der Waals surface area contributed by atoms with Gasteiger partial charge >= 0.3 is 0 Å². The fourth-order valence-corrected chi connectivity index (χ4v) is 3.79. The molecular formula is C14H19N2O2+. The van der Waals surface area contributed by atoms with Gasteiger partial charge in [-0.15, -0.1) is 0 Å². The molecule has 0 aromatic carbocycles. The van der Waals surface area contributed by atoms with Crippen LogP contribution in [-0.4, -0.2) is 36.9 Å². The van der Waals surface area contributed by atoms with Crippen molar-refractivity contribution in [2.45, 2.75) is 25.0 Å². The van der Waals surface area contributed by atoms with Gasteiger partial charge < -0.3 is 14.2 Å². The number of quaternary nitrogens is 1. The van der Waals surface area contributed by atoms with Crippen LogP contribution in [0.1, 0.15) is 18.0 Å². The highest BCUT2D eigenvalue weighted by atomic mass is 16.6. The molecule has 96 valence electrons. The van der Waals surface area contributed by atoms with Gasteiger partial charge in [-0.25, -0.2) is 0 Å². The van der Waals surface area contributed by atoms with Crippen LogP contribution in [0.2, 0.25) is 0 Å². The lowest BCUT2D eigenvalue weighted by Gasteiger charge is -2.40. The fourth-order valence-electron chi connectivity index (χ4n) is 3.79. The van der Waals surface area contributed by atoms with E-state index in [1.54, 1.807) is 11.0 Å². The number of nitrogens with zero attached hydrogens (tertiary/aromatic N) is 1. The summed E-state index contributed by atoms with van der Waals surface area (Å²) in [5.74, 6) is 1.24. The monoisotopic (exact) mass is 247 g/mol. The van der Waals surface area contributed by atoms with E-state index in [1.165, 1.54) is 25.2 Å². The highest BCUT2D eigenvalue weighted by molar-refractivity contribution is 5.15. The molecule has 0 amide bonds. The van der Waals surface area contributed by atoms with E-state index in [4.69, 9.17) is 4.74 Å². The van der Waals surface area contributed by atoms with Crippen molar-refractivity contribution < 1.29 is 9.64 Å². The Bertz CT molecular complexity index is 521. The molecule has 1 N–H and O–H groups in total. The van der Waals surface area contributed by atoms with E-state index in [0.29, 0.717) is 17.9 Å². The molecule has 4 nitrogen and oxygen atoms in total. The van der Waals surface area contributed by atoms with Crippen LogP contribution in [0.3, 0.4) is 0 Å². The predicted octanol–water partition coefficient (Wildman–Crippen LogP) is -0.751. The summed E-state index contributed by atoms with van der Waals surface area (Å²) in [6.45, 7) is 5.40. The molecule has 2 fully saturated rings. The lowest BCUT2D eigenvalue weighted by molar-refractivity contribution is -0.911. The van der Waals surface area contributed by atoms with Gasteiger partial charge in [-0.2, -0.15) is 0 Å². The predicted molar refractivity (Wildman–Crippen MR) is 66.9 cm³/mol. The summed E-state index contributed by atoms with van der Waals surface area (Å²) in [5.41, 5.74) is 1.43. The van der Waals surface area contributed by atoms with Gasteiger partial charge in [0.15, 0.2) is 0 Å². The van der Waals surface area contributed by atoms with E-state index >= 15 is 0 Å². The maximum atomic E-state index is 11.9. The van der Waals surface area contributed by atoms with E-state index in [0.717, 1.165) is 19.7 Å². The third kappa shape index (κ3) is 1.80. The quantitative estimate of drug-likeness (QED) is 0.698. The fraction of sp³-hybridized carbons (Fsp3) is 0.643. The van der Waals surface area contributed by atoms with Crippen molar-refractivity contribution in [2.24, 2.45) is 5.92 Å². The molecule has 4 rings (SSSR count). The first-order chi connectivity index (χ1) is 8.79. The Kier molecular flexibility index (Phi) is 2.35. The molecule has 0 radical (unpaired) electrons. The number of ether oxygens (including phenoxy) is 1. The average Bonchev–Trinajstić information content (AvgIpc) is 3.14. The molecule has 18 heavy (non-hydrogen) atoms. The summed E-state index contributed by atoms with van der Waals surface area (Å²) in [6, 6.07) is 5.73. The Hall–Kier alpha value is -1.13. The van der Waals surface area contributed by atoms with Crippen LogP contribution < -0.4 is 10.5 Å². The molecule has 4 heteroatoms. The topological polar surface area (TPSA) is 39.0 Å². The summed E-state index contributed by atoms with van der Waals surface area (Å²) in [6.07, 6.45) is 1.77. The van der Waals surface area contributed by atoms with E-state index in [2.05, 4.69) is 6.07 Å². The van der Waals surface area contributed by atoms with E-state index in [-0.39, 0.29) is 5.56 Å². The smallest absolute Gasteiger partial charge is 0.250 e. The first-order valence-corrected chi connectivity index (χ1v) is 6.94. The molecule has 1 aromatic rings. The lowest BCUT2D eigenvalue weighted by atomic mass is 9.83. The van der Waals surface area contributed by atoms with Gasteiger partial charge in [0, 0.05) is 30.1 Å². The lowest BCUT2D eigenvalue weighted by Crippen LogP contribution is -3.15. The summed E-state index contributed by atoms with van der Waals surface area (Å²) in [7, 11) is 0. The standard InChI is InChI=1S/C14H18N2O2/c17-14-3-1-2-13-11-4-10(6-16(13)14)5-15(7-11)8-12-9-18-12/h1-3,10-12H,4-9H2/p+1/t10-,11+,12-/m1/s1. The number of likely N-dealkylation sites (tertiary alicyclic amines) is 1. The van der Waals surface area contributed by atoms with Crippen LogP contribution in [0.5, 0.6) is 0 Å². The van der Waals surface area contributed by atoms with Crippen LogP contribution >= 0.6 is 0 Å². The van der Waals surface area contributed by atoms with Crippen molar-refractivity contribution >= 4 is 0 Å². The zero-order chi connectivity index (χ0) is 12.1. The molecule has 4 heterocycles. The molecule has 3 aliphatic heterocycles. The number of rotatable bonds is 2. The molecule has 0 aliphatic carbocycles. The first-order valence-electron chi connectivity index (χ1n) is 6.94. The van der Waals surface area contributed by atoms with Gasteiger partial charge in [0.2, 0.25) is 0 Å². The van der Waals surface area contributed by atoms with Crippen molar-refractivity contribution in [1.29, 1.82) is 0 Å². The van der Waals surface area contributed by atoms with Crippen LogP contribution in [0.4, 0.5) is 0 Å². The van der Waals surface area contributed by atoms with E-state index < -0.39 is 0 Å². The molecule has 2 bridgehead atoms. The van der Waals surface area contributed by atoms with Crippen LogP contribution in [0.15, 0.2) is 23.0 Å². The molecule has 2 saturated heterocycles. The van der Waals surface area contributed by atoms with Gasteiger partial charge in [0.1, 0.15) is 12.6 Å². The Morgan fingerprint density at radius 2 is 2.28 bits per heavy atom. The zero-order valence-electron chi connectivity index (χ0n) is 10.5. The minimum absolute atomic E-state index is 0.177. The average molecular weight is 247 g/mol. The summed E-state index contributed by atoms with van der Waals surface area (Å²) >= 11 is 0.